The first-order valence-corrected chi connectivity index (χ1v) is 6.69. The summed E-state index contributed by atoms with van der Waals surface area (Å²) < 4.78 is 42.8. The van der Waals surface area contributed by atoms with Gasteiger partial charge in [-0.05, 0) is 31.0 Å². The molecule has 116 valence electrons. The van der Waals surface area contributed by atoms with Gasteiger partial charge in [0.25, 0.3) is 5.91 Å². The summed E-state index contributed by atoms with van der Waals surface area (Å²) in [4.78, 5) is 13.5. The highest BCUT2D eigenvalue weighted by atomic mass is 19.4. The van der Waals surface area contributed by atoms with Crippen molar-refractivity contribution in [3.63, 3.8) is 0 Å². The Morgan fingerprint density at radius 1 is 1.33 bits per heavy atom. The molecule has 0 saturated carbocycles. The van der Waals surface area contributed by atoms with Crippen molar-refractivity contribution in [2.45, 2.75) is 25.1 Å². The van der Waals surface area contributed by atoms with Gasteiger partial charge in [-0.1, -0.05) is 6.07 Å². The van der Waals surface area contributed by atoms with E-state index >= 15 is 0 Å². The van der Waals surface area contributed by atoms with Crippen LogP contribution in [0.3, 0.4) is 0 Å². The predicted molar refractivity (Wildman–Crippen MR) is 70.7 cm³/mol. The normalized spacial score (nSPS) is 16.9. The number of likely N-dealkylation sites (tertiary alicyclic amines) is 1. The van der Waals surface area contributed by atoms with Gasteiger partial charge in [0, 0.05) is 19.1 Å². The molecule has 2 N–H and O–H groups in total. The Bertz CT molecular complexity index is 497. The molecule has 1 aromatic carbocycles. The molecule has 1 heterocycles. The number of nitrogens with two attached hydrogens (primary N) is 1. The Kier molecular flexibility index (Phi) is 4.72. The van der Waals surface area contributed by atoms with E-state index in [1.165, 1.54) is 12.1 Å². The molecule has 0 radical (unpaired) electrons. The number of rotatable bonds is 3. The average molecular weight is 302 g/mol. The van der Waals surface area contributed by atoms with Crippen LogP contribution in [0.15, 0.2) is 24.3 Å². The number of ether oxygens (including phenoxy) is 1. The van der Waals surface area contributed by atoms with Gasteiger partial charge in [-0.15, -0.1) is 0 Å². The first-order valence-electron chi connectivity index (χ1n) is 6.69. The SMILES string of the molecule is NC1CCN(C(=O)COc2cccc(C(F)(F)F)c2)CC1. The summed E-state index contributed by atoms with van der Waals surface area (Å²) in [7, 11) is 0. The molecule has 7 heteroatoms. The van der Waals surface area contributed by atoms with E-state index in [0.29, 0.717) is 13.1 Å². The van der Waals surface area contributed by atoms with Crippen LogP contribution in [-0.4, -0.2) is 36.5 Å². The van der Waals surface area contributed by atoms with Crippen LogP contribution in [0.25, 0.3) is 0 Å². The van der Waals surface area contributed by atoms with Crippen molar-refractivity contribution in [2.75, 3.05) is 19.7 Å². The van der Waals surface area contributed by atoms with E-state index < -0.39 is 11.7 Å². The Hall–Kier alpha value is -1.76. The van der Waals surface area contributed by atoms with Crippen molar-refractivity contribution in [1.82, 2.24) is 4.90 Å². The molecule has 1 saturated heterocycles. The van der Waals surface area contributed by atoms with Crippen molar-refractivity contribution in [1.29, 1.82) is 0 Å². The van der Waals surface area contributed by atoms with Gasteiger partial charge in [0.05, 0.1) is 5.56 Å². The number of alkyl halides is 3. The fraction of sp³-hybridized carbons (Fsp3) is 0.500. The fourth-order valence-corrected chi connectivity index (χ4v) is 2.15. The van der Waals surface area contributed by atoms with E-state index in [-0.39, 0.29) is 24.3 Å². The second kappa shape index (κ2) is 6.34. The predicted octanol–water partition coefficient (Wildman–Crippen LogP) is 2.03. The van der Waals surface area contributed by atoms with E-state index in [4.69, 9.17) is 10.5 Å². The van der Waals surface area contributed by atoms with Gasteiger partial charge in [0.15, 0.2) is 6.61 Å². The molecule has 1 aliphatic rings. The van der Waals surface area contributed by atoms with Crippen LogP contribution >= 0.6 is 0 Å². The molecule has 21 heavy (non-hydrogen) atoms. The van der Waals surface area contributed by atoms with Gasteiger partial charge in [-0.2, -0.15) is 13.2 Å². The van der Waals surface area contributed by atoms with Crippen molar-refractivity contribution >= 4 is 5.91 Å². The number of carbonyl (C=O) groups is 1. The van der Waals surface area contributed by atoms with E-state index in [2.05, 4.69) is 0 Å². The third kappa shape index (κ3) is 4.35. The average Bonchev–Trinajstić information content (AvgIpc) is 2.45. The molecule has 1 fully saturated rings. The lowest BCUT2D eigenvalue weighted by atomic mass is 10.1. The fourth-order valence-electron chi connectivity index (χ4n) is 2.15. The lowest BCUT2D eigenvalue weighted by Gasteiger charge is -2.30. The zero-order chi connectivity index (χ0) is 15.5. The van der Waals surface area contributed by atoms with E-state index in [9.17, 15) is 18.0 Å². The third-order valence-corrected chi connectivity index (χ3v) is 3.42. The first-order chi connectivity index (χ1) is 9.86. The Labute approximate surface area is 120 Å². The standard InChI is InChI=1S/C14H17F3N2O2/c15-14(16,17)10-2-1-3-12(8-10)21-9-13(20)19-6-4-11(18)5-7-19/h1-3,8,11H,4-7,9,18H2. The molecular formula is C14H17F3N2O2. The van der Waals surface area contributed by atoms with Gasteiger partial charge in [0.1, 0.15) is 5.75 Å². The van der Waals surface area contributed by atoms with Crippen LogP contribution in [0.4, 0.5) is 13.2 Å². The van der Waals surface area contributed by atoms with Gasteiger partial charge in [-0.3, -0.25) is 4.79 Å². The van der Waals surface area contributed by atoms with Crippen LogP contribution < -0.4 is 10.5 Å². The highest BCUT2D eigenvalue weighted by molar-refractivity contribution is 5.77. The molecule has 1 aromatic rings. The van der Waals surface area contributed by atoms with Crippen LogP contribution in [0, 0.1) is 0 Å². The van der Waals surface area contributed by atoms with Gasteiger partial charge < -0.3 is 15.4 Å². The molecule has 0 unspecified atom stereocenters. The second-order valence-electron chi connectivity index (χ2n) is 5.03. The Morgan fingerprint density at radius 3 is 2.62 bits per heavy atom. The largest absolute Gasteiger partial charge is 0.484 e. The Balaban J connectivity index is 1.89. The molecule has 0 bridgehead atoms. The van der Waals surface area contributed by atoms with E-state index in [1.807, 2.05) is 0 Å². The summed E-state index contributed by atoms with van der Waals surface area (Å²) in [6.45, 7) is 0.856. The number of piperidine rings is 1. The summed E-state index contributed by atoms with van der Waals surface area (Å²) >= 11 is 0. The van der Waals surface area contributed by atoms with Crippen molar-refractivity contribution in [3.8, 4) is 5.75 Å². The maximum absolute atomic E-state index is 12.6. The number of carbonyl (C=O) groups excluding carboxylic acids is 1. The first kappa shape index (κ1) is 15.6. The van der Waals surface area contributed by atoms with Crippen molar-refractivity contribution < 1.29 is 22.7 Å². The molecule has 0 atom stereocenters. The quantitative estimate of drug-likeness (QED) is 0.929. The number of hydrogen-bond donors (Lipinski definition) is 1. The van der Waals surface area contributed by atoms with E-state index in [0.717, 1.165) is 25.0 Å². The summed E-state index contributed by atoms with van der Waals surface area (Å²) in [6, 6.07) is 4.61. The van der Waals surface area contributed by atoms with Crippen molar-refractivity contribution in [2.24, 2.45) is 5.73 Å². The number of hydrogen-bond acceptors (Lipinski definition) is 3. The summed E-state index contributed by atoms with van der Waals surface area (Å²) in [5.74, 6) is -0.203. The van der Waals surface area contributed by atoms with Gasteiger partial charge >= 0.3 is 6.18 Å². The molecular weight excluding hydrogens is 285 g/mol. The molecule has 2 rings (SSSR count). The number of nitrogens with zero attached hydrogens (tertiary/aromatic N) is 1. The minimum Gasteiger partial charge on any atom is -0.484 e. The monoisotopic (exact) mass is 302 g/mol. The van der Waals surface area contributed by atoms with Crippen LogP contribution in [-0.2, 0) is 11.0 Å². The van der Waals surface area contributed by atoms with Crippen LogP contribution in [0.5, 0.6) is 5.75 Å². The zero-order valence-electron chi connectivity index (χ0n) is 11.4. The lowest BCUT2D eigenvalue weighted by molar-refractivity contribution is -0.137. The topological polar surface area (TPSA) is 55.6 Å². The third-order valence-electron chi connectivity index (χ3n) is 3.42. The lowest BCUT2D eigenvalue weighted by Crippen LogP contribution is -2.44. The molecule has 0 aromatic heterocycles. The van der Waals surface area contributed by atoms with Gasteiger partial charge in [-0.25, -0.2) is 0 Å². The van der Waals surface area contributed by atoms with Gasteiger partial charge in [0.2, 0.25) is 0 Å². The number of amides is 1. The molecule has 0 aliphatic carbocycles. The maximum Gasteiger partial charge on any atom is 0.416 e. The maximum atomic E-state index is 12.6. The van der Waals surface area contributed by atoms with Crippen LogP contribution in [0.1, 0.15) is 18.4 Å². The number of halogens is 3. The summed E-state index contributed by atoms with van der Waals surface area (Å²) in [5.41, 5.74) is 4.95. The van der Waals surface area contributed by atoms with Crippen LogP contribution in [0.2, 0.25) is 0 Å². The minimum absolute atomic E-state index is 0.0342. The summed E-state index contributed by atoms with van der Waals surface area (Å²) in [5, 5.41) is 0. The Morgan fingerprint density at radius 2 is 2.00 bits per heavy atom. The molecule has 4 nitrogen and oxygen atoms in total. The molecule has 0 spiro atoms. The number of benzene rings is 1. The smallest absolute Gasteiger partial charge is 0.416 e. The molecule has 1 aliphatic heterocycles. The minimum atomic E-state index is -4.42. The summed E-state index contributed by atoms with van der Waals surface area (Å²) in [6.07, 6.45) is -2.96. The molecule has 1 amide bonds. The zero-order valence-corrected chi connectivity index (χ0v) is 11.4. The highest BCUT2D eigenvalue weighted by Gasteiger charge is 2.30. The second-order valence-corrected chi connectivity index (χ2v) is 5.03. The van der Waals surface area contributed by atoms with Crippen molar-refractivity contribution in [3.05, 3.63) is 29.8 Å². The highest BCUT2D eigenvalue weighted by Crippen LogP contribution is 2.31. The van der Waals surface area contributed by atoms with E-state index in [1.54, 1.807) is 4.90 Å².